The van der Waals surface area contributed by atoms with Crippen molar-refractivity contribution in [2.45, 2.75) is 38.0 Å². The van der Waals surface area contributed by atoms with Crippen LogP contribution in [0.5, 0.6) is 5.75 Å². The Kier molecular flexibility index (Phi) is 8.32. The number of hydrogen-bond donors (Lipinski definition) is 1. The average Bonchev–Trinajstić information content (AvgIpc) is 2.39. The molecule has 1 aliphatic rings. The third-order valence-electron chi connectivity index (χ3n) is 2.09. The summed E-state index contributed by atoms with van der Waals surface area (Å²) in [5, 5.41) is 0.687. The summed E-state index contributed by atoms with van der Waals surface area (Å²) in [6.45, 7) is 8.49. The van der Waals surface area contributed by atoms with Gasteiger partial charge in [-0.15, -0.1) is 0 Å². The van der Waals surface area contributed by atoms with Crippen LogP contribution in [0.4, 0.5) is 0 Å². The van der Waals surface area contributed by atoms with Crippen molar-refractivity contribution in [1.82, 2.24) is 0 Å². The summed E-state index contributed by atoms with van der Waals surface area (Å²) < 4.78 is 5.47. The topological polar surface area (TPSA) is 35.2 Å². The molecule has 0 saturated heterocycles. The largest absolute Gasteiger partial charge is 1.00 e. The number of fused-ring (bicyclic) bond motifs is 1. The van der Waals surface area contributed by atoms with Crippen molar-refractivity contribution in [2.75, 3.05) is 6.61 Å². The quantitative estimate of drug-likeness (QED) is 0.628. The van der Waals surface area contributed by atoms with E-state index in [4.69, 9.17) is 34.7 Å². The van der Waals surface area contributed by atoms with Crippen molar-refractivity contribution < 1.29 is 73.6 Å². The van der Waals surface area contributed by atoms with E-state index < -0.39 is 0 Å². The van der Waals surface area contributed by atoms with Crippen molar-refractivity contribution in [3.8, 4) is 5.75 Å². The average molecular weight is 406 g/mol. The van der Waals surface area contributed by atoms with Crippen LogP contribution in [0, 0.1) is 0 Å². The normalized spacial score (nSPS) is 21.1. The van der Waals surface area contributed by atoms with Crippen molar-refractivity contribution in [3.05, 3.63) is 28.8 Å². The van der Waals surface area contributed by atoms with Crippen molar-refractivity contribution in [1.29, 1.82) is 0 Å². The maximum absolute atomic E-state index is 5.97. The summed E-state index contributed by atoms with van der Waals surface area (Å²) in [6, 6.07) is 5.56. The first-order chi connectivity index (χ1) is 7.59. The Hall–Kier alpha value is 1.67. The van der Waals surface area contributed by atoms with Gasteiger partial charge in [0, 0.05) is 10.6 Å². The molecule has 0 aliphatic carbocycles. The van der Waals surface area contributed by atoms with Gasteiger partial charge in [0.05, 0.1) is 5.54 Å². The molecule has 2 nitrogen and oxygen atoms in total. The third kappa shape index (κ3) is 6.90. The summed E-state index contributed by atoms with van der Waals surface area (Å²) in [4.78, 5) is 0. The molecule has 96 valence electrons. The van der Waals surface area contributed by atoms with E-state index in [9.17, 15) is 0 Å². The summed E-state index contributed by atoms with van der Waals surface area (Å²) in [5.74, 6) is 0.813. The Morgan fingerprint density at radius 3 is 2.39 bits per heavy atom. The molecule has 0 aromatic heterocycles. The fourth-order valence-corrected chi connectivity index (χ4v) is 1.55. The molecule has 2 rings (SSSR count). The zero-order chi connectivity index (χ0) is 13.3. The van der Waals surface area contributed by atoms with Crippen LogP contribution in [-0.4, -0.2) is 11.4 Å². The molecular formula is C13H19ClCsNOS. The van der Waals surface area contributed by atoms with E-state index in [1.807, 2.05) is 39.8 Å². The van der Waals surface area contributed by atoms with E-state index in [2.05, 4.69) is 0 Å². The Morgan fingerprint density at radius 1 is 1.39 bits per heavy atom. The van der Waals surface area contributed by atoms with Crippen molar-refractivity contribution >= 4 is 24.2 Å². The predicted molar refractivity (Wildman–Crippen MR) is 75.6 cm³/mol. The minimum absolute atomic E-state index is 0. The predicted octanol–water partition coefficient (Wildman–Crippen LogP) is 0.242. The molecule has 0 saturated carbocycles. The number of hydrogen-bond acceptors (Lipinski definition) is 3. The van der Waals surface area contributed by atoms with Gasteiger partial charge in [-0.25, -0.2) is 0 Å². The monoisotopic (exact) mass is 405 g/mol. The van der Waals surface area contributed by atoms with E-state index in [0.717, 1.165) is 11.3 Å². The zero-order valence-corrected chi connectivity index (χ0v) is 19.6. The Balaban J connectivity index is 0.000000421. The molecule has 1 unspecified atom stereocenters. The first kappa shape index (κ1) is 19.7. The van der Waals surface area contributed by atoms with Crippen LogP contribution >= 0.6 is 11.6 Å². The van der Waals surface area contributed by atoms with Crippen LogP contribution in [-0.2, 0) is 18.2 Å². The molecule has 1 atom stereocenters. The van der Waals surface area contributed by atoms with E-state index in [1.165, 1.54) is 0 Å². The van der Waals surface area contributed by atoms with E-state index in [1.54, 1.807) is 6.07 Å². The van der Waals surface area contributed by atoms with Crippen LogP contribution in [0.15, 0.2) is 18.2 Å². The van der Waals surface area contributed by atoms with E-state index in [-0.39, 0.29) is 79.2 Å². The maximum Gasteiger partial charge on any atom is 1.00 e. The first-order valence-electron chi connectivity index (χ1n) is 5.52. The Labute approximate surface area is 179 Å². The molecule has 1 heterocycles. The van der Waals surface area contributed by atoms with Gasteiger partial charge in [-0.3, -0.25) is 0 Å². The fraction of sp³-hybridized carbons (Fsp3) is 0.538. The minimum atomic E-state index is -0.361. The summed E-state index contributed by atoms with van der Waals surface area (Å²) >= 11 is 10.6. The number of rotatable bonds is 0. The van der Waals surface area contributed by atoms with Crippen molar-refractivity contribution in [3.63, 3.8) is 0 Å². The second-order valence-corrected chi connectivity index (χ2v) is 7.12. The molecule has 1 aromatic carbocycles. The molecule has 0 spiro atoms. The molecular weight excluding hydrogens is 387 g/mol. The van der Waals surface area contributed by atoms with Crippen LogP contribution in [0.2, 0.25) is 5.02 Å². The number of halogens is 1. The smallest absolute Gasteiger partial charge is 0.787 e. The zero-order valence-electron chi connectivity index (χ0n) is 11.7. The molecule has 5 heteroatoms. The molecule has 18 heavy (non-hydrogen) atoms. The number of nitrogens with two attached hydrogens (primary N) is 1. The van der Waals surface area contributed by atoms with Gasteiger partial charge in [0.2, 0.25) is 0 Å². The van der Waals surface area contributed by atoms with Crippen LogP contribution in [0.25, 0.3) is 0 Å². The summed E-state index contributed by atoms with van der Waals surface area (Å²) in [7, 11) is 0. The number of ether oxygens (including phenoxy) is 1. The minimum Gasteiger partial charge on any atom is -0.787 e. The molecule has 0 fully saturated rings. The van der Waals surface area contributed by atoms with Gasteiger partial charge in [-0.1, -0.05) is 38.4 Å². The second kappa shape index (κ2) is 7.62. The van der Waals surface area contributed by atoms with Gasteiger partial charge in [-0.05, 0) is 19.1 Å². The Morgan fingerprint density at radius 2 is 1.89 bits per heavy atom. The standard InChI is InChI=1S/C9H10ClNO.C4H10S.Cs/c1-9(11)5-12-8-4-6(10)2-3-7(8)9;1-4(2,3)5;/h2-4H,5,11H2,1H3;5H,1-3H3;/q;;+1/p-1. The number of benzene rings is 1. The molecule has 0 bridgehead atoms. The van der Waals surface area contributed by atoms with Crippen LogP contribution < -0.4 is 79.4 Å². The second-order valence-electron chi connectivity index (χ2n) is 5.46. The summed E-state index contributed by atoms with van der Waals surface area (Å²) in [6.07, 6.45) is 0. The van der Waals surface area contributed by atoms with Gasteiger partial charge in [0.25, 0.3) is 0 Å². The first-order valence-corrected chi connectivity index (χ1v) is 6.30. The van der Waals surface area contributed by atoms with Gasteiger partial charge in [-0.2, -0.15) is 4.75 Å². The Bertz CT molecular complexity index is 398. The van der Waals surface area contributed by atoms with Gasteiger partial charge < -0.3 is 23.1 Å². The maximum atomic E-state index is 5.97. The van der Waals surface area contributed by atoms with Crippen molar-refractivity contribution in [2.24, 2.45) is 5.73 Å². The van der Waals surface area contributed by atoms with Crippen LogP contribution in [0.1, 0.15) is 33.3 Å². The van der Waals surface area contributed by atoms with E-state index in [0.29, 0.717) is 11.6 Å². The fourth-order valence-electron chi connectivity index (χ4n) is 1.39. The molecule has 0 radical (unpaired) electrons. The molecule has 1 aromatic rings. The van der Waals surface area contributed by atoms with Gasteiger partial charge in [0.1, 0.15) is 12.4 Å². The molecule has 0 amide bonds. The summed E-state index contributed by atoms with van der Waals surface area (Å²) in [5.41, 5.74) is 6.64. The van der Waals surface area contributed by atoms with Gasteiger partial charge in [0.15, 0.2) is 0 Å². The van der Waals surface area contributed by atoms with Gasteiger partial charge >= 0.3 is 68.9 Å². The van der Waals surface area contributed by atoms with Crippen LogP contribution in [0.3, 0.4) is 0 Å². The molecule has 1 aliphatic heterocycles. The SMILES string of the molecule is CC(C)(C)[S-].CC1(N)COc2cc(Cl)ccc21.[Cs+]. The third-order valence-corrected chi connectivity index (χ3v) is 2.32. The van der Waals surface area contributed by atoms with E-state index >= 15 is 0 Å². The molecule has 2 N–H and O–H groups in total.